The van der Waals surface area contributed by atoms with Crippen molar-refractivity contribution in [2.75, 3.05) is 7.11 Å². The van der Waals surface area contributed by atoms with Crippen molar-refractivity contribution in [1.82, 2.24) is 19.9 Å². The molecule has 0 aliphatic heterocycles. The third kappa shape index (κ3) is 2.56. The first-order valence-corrected chi connectivity index (χ1v) is 6.63. The summed E-state index contributed by atoms with van der Waals surface area (Å²) in [5, 5.41) is 20.6. The summed E-state index contributed by atoms with van der Waals surface area (Å²) in [6, 6.07) is 10.1. The summed E-state index contributed by atoms with van der Waals surface area (Å²) in [5.41, 5.74) is 0.883. The number of carbonyl (C=O) groups is 1. The van der Waals surface area contributed by atoms with Gasteiger partial charge in [-0.1, -0.05) is 6.07 Å². The van der Waals surface area contributed by atoms with E-state index in [-0.39, 0.29) is 17.9 Å². The highest BCUT2D eigenvalue weighted by atomic mass is 16.5. The average Bonchev–Trinajstić information content (AvgIpc) is 2.95. The van der Waals surface area contributed by atoms with Crippen LogP contribution in [0, 0.1) is 0 Å². The monoisotopic (exact) mass is 298 g/mol. The number of amides is 1. The van der Waals surface area contributed by atoms with Gasteiger partial charge >= 0.3 is 0 Å². The smallest absolute Gasteiger partial charge is 0.255 e. The fraction of sp³-hybridized carbons (Fsp3) is 0.133. The molecule has 0 aliphatic rings. The zero-order chi connectivity index (χ0) is 15.5. The van der Waals surface area contributed by atoms with Gasteiger partial charge in [0.1, 0.15) is 11.5 Å². The molecule has 3 rings (SSSR count). The van der Waals surface area contributed by atoms with Crippen molar-refractivity contribution in [2.24, 2.45) is 0 Å². The van der Waals surface area contributed by atoms with Crippen molar-refractivity contribution in [3.8, 4) is 11.5 Å². The average molecular weight is 298 g/mol. The summed E-state index contributed by atoms with van der Waals surface area (Å²) in [5.74, 6) is 0.560. The summed E-state index contributed by atoms with van der Waals surface area (Å²) in [7, 11) is 1.49. The fourth-order valence-electron chi connectivity index (χ4n) is 2.10. The molecule has 112 valence electrons. The van der Waals surface area contributed by atoms with Gasteiger partial charge in [-0.25, -0.2) is 0 Å². The molecule has 0 unspecified atom stereocenters. The first-order chi connectivity index (χ1) is 10.7. The Kier molecular flexibility index (Phi) is 3.61. The number of methoxy groups -OCH3 is 1. The number of carbonyl (C=O) groups excluding carboxylic acids is 1. The van der Waals surface area contributed by atoms with Gasteiger partial charge in [0.2, 0.25) is 0 Å². The van der Waals surface area contributed by atoms with Crippen LogP contribution in [0.15, 0.2) is 42.6 Å². The predicted molar refractivity (Wildman–Crippen MR) is 78.8 cm³/mol. The van der Waals surface area contributed by atoms with Crippen LogP contribution in [-0.2, 0) is 6.54 Å². The number of phenolic OH excluding ortho intramolecular Hbond substituents is 1. The lowest BCUT2D eigenvalue weighted by Crippen LogP contribution is -2.24. The Morgan fingerprint density at radius 2 is 2.18 bits per heavy atom. The quantitative estimate of drug-likeness (QED) is 0.759. The number of pyridine rings is 1. The van der Waals surface area contributed by atoms with Gasteiger partial charge in [0, 0.05) is 12.3 Å². The minimum atomic E-state index is -0.396. The molecule has 1 aromatic carbocycles. The maximum atomic E-state index is 12.1. The minimum Gasteiger partial charge on any atom is -0.507 e. The number of nitrogens with one attached hydrogen (secondary N) is 1. The lowest BCUT2D eigenvalue weighted by atomic mass is 10.2. The molecule has 2 heterocycles. The van der Waals surface area contributed by atoms with Crippen molar-refractivity contribution >= 4 is 11.6 Å². The summed E-state index contributed by atoms with van der Waals surface area (Å²) >= 11 is 0. The van der Waals surface area contributed by atoms with Gasteiger partial charge < -0.3 is 15.2 Å². The van der Waals surface area contributed by atoms with Crippen molar-refractivity contribution in [2.45, 2.75) is 6.54 Å². The molecule has 0 saturated heterocycles. The van der Waals surface area contributed by atoms with Gasteiger partial charge in [0.25, 0.3) is 5.91 Å². The molecule has 0 spiro atoms. The third-order valence-corrected chi connectivity index (χ3v) is 3.24. The Morgan fingerprint density at radius 3 is 2.95 bits per heavy atom. The Labute approximate surface area is 126 Å². The highest BCUT2D eigenvalue weighted by Gasteiger charge is 2.13. The molecule has 22 heavy (non-hydrogen) atoms. The number of hydrogen-bond donors (Lipinski definition) is 2. The molecule has 0 bridgehead atoms. The van der Waals surface area contributed by atoms with E-state index < -0.39 is 5.91 Å². The van der Waals surface area contributed by atoms with Gasteiger partial charge in [0.05, 0.1) is 19.2 Å². The van der Waals surface area contributed by atoms with Gasteiger partial charge in [-0.2, -0.15) is 0 Å². The summed E-state index contributed by atoms with van der Waals surface area (Å²) in [6.45, 7) is 0.204. The largest absolute Gasteiger partial charge is 0.507 e. The normalized spacial score (nSPS) is 10.6. The van der Waals surface area contributed by atoms with E-state index in [0.29, 0.717) is 17.2 Å². The first kappa shape index (κ1) is 13.9. The number of aromatic hydroxyl groups is 1. The molecule has 0 atom stereocenters. The van der Waals surface area contributed by atoms with Crippen LogP contribution in [0.3, 0.4) is 0 Å². The van der Waals surface area contributed by atoms with Crippen molar-refractivity contribution in [3.05, 3.63) is 54.0 Å². The Balaban J connectivity index is 1.75. The van der Waals surface area contributed by atoms with Crippen LogP contribution >= 0.6 is 0 Å². The number of phenols is 1. The maximum Gasteiger partial charge on any atom is 0.255 e. The van der Waals surface area contributed by atoms with Crippen LogP contribution in [0.25, 0.3) is 5.65 Å². The van der Waals surface area contributed by atoms with Gasteiger partial charge in [-0.3, -0.25) is 9.20 Å². The summed E-state index contributed by atoms with van der Waals surface area (Å²) in [6.07, 6.45) is 1.82. The highest BCUT2D eigenvalue weighted by molar-refractivity contribution is 5.96. The van der Waals surface area contributed by atoms with E-state index in [0.717, 1.165) is 0 Å². The number of hydrogen-bond acceptors (Lipinski definition) is 5. The van der Waals surface area contributed by atoms with E-state index >= 15 is 0 Å². The molecule has 2 N–H and O–H groups in total. The minimum absolute atomic E-state index is 0.136. The SMILES string of the molecule is COc1ccc(C(=O)NCc2nnc3ccccn23)c(O)c1. The second-order valence-corrected chi connectivity index (χ2v) is 4.61. The Morgan fingerprint density at radius 1 is 1.32 bits per heavy atom. The molecule has 7 nitrogen and oxygen atoms in total. The molecular formula is C15H14N4O3. The second kappa shape index (κ2) is 5.72. The van der Waals surface area contributed by atoms with E-state index in [1.807, 2.05) is 24.4 Å². The van der Waals surface area contributed by atoms with Crippen LogP contribution in [-0.4, -0.2) is 32.7 Å². The molecule has 0 fully saturated rings. The van der Waals surface area contributed by atoms with E-state index in [1.165, 1.54) is 19.2 Å². The van der Waals surface area contributed by atoms with Crippen LogP contribution in [0.4, 0.5) is 0 Å². The van der Waals surface area contributed by atoms with Crippen LogP contribution in [0.1, 0.15) is 16.2 Å². The molecule has 0 aliphatic carbocycles. The van der Waals surface area contributed by atoms with Crippen molar-refractivity contribution in [1.29, 1.82) is 0 Å². The topological polar surface area (TPSA) is 88.8 Å². The lowest BCUT2D eigenvalue weighted by Gasteiger charge is -2.07. The Hall–Kier alpha value is -3.09. The zero-order valence-corrected chi connectivity index (χ0v) is 11.9. The van der Waals surface area contributed by atoms with E-state index in [4.69, 9.17) is 4.74 Å². The number of ether oxygens (including phenoxy) is 1. The molecule has 2 aromatic heterocycles. The molecule has 1 amide bonds. The highest BCUT2D eigenvalue weighted by Crippen LogP contribution is 2.23. The first-order valence-electron chi connectivity index (χ1n) is 6.63. The van der Waals surface area contributed by atoms with Gasteiger partial charge in [-0.05, 0) is 24.3 Å². The van der Waals surface area contributed by atoms with E-state index in [9.17, 15) is 9.90 Å². The molecule has 0 saturated carbocycles. The van der Waals surface area contributed by atoms with Gasteiger partial charge in [-0.15, -0.1) is 10.2 Å². The third-order valence-electron chi connectivity index (χ3n) is 3.24. The number of aromatic nitrogens is 3. The Bertz CT molecular complexity index is 829. The second-order valence-electron chi connectivity index (χ2n) is 4.61. The number of rotatable bonds is 4. The van der Waals surface area contributed by atoms with E-state index in [1.54, 1.807) is 10.5 Å². The predicted octanol–water partition coefficient (Wildman–Crippen LogP) is 1.37. The molecule has 7 heteroatoms. The number of nitrogens with zero attached hydrogens (tertiary/aromatic N) is 3. The van der Waals surface area contributed by atoms with Crippen LogP contribution < -0.4 is 10.1 Å². The van der Waals surface area contributed by atoms with Gasteiger partial charge in [0.15, 0.2) is 11.5 Å². The lowest BCUT2D eigenvalue weighted by molar-refractivity contribution is 0.0947. The molecule has 3 aromatic rings. The van der Waals surface area contributed by atoms with Crippen molar-refractivity contribution < 1.29 is 14.6 Å². The zero-order valence-electron chi connectivity index (χ0n) is 11.9. The van der Waals surface area contributed by atoms with E-state index in [2.05, 4.69) is 15.5 Å². The van der Waals surface area contributed by atoms with Crippen LogP contribution in [0.2, 0.25) is 0 Å². The number of fused-ring (bicyclic) bond motifs is 1. The van der Waals surface area contributed by atoms with Crippen LogP contribution in [0.5, 0.6) is 11.5 Å². The fourth-order valence-corrected chi connectivity index (χ4v) is 2.10. The maximum absolute atomic E-state index is 12.1. The van der Waals surface area contributed by atoms with Crippen molar-refractivity contribution in [3.63, 3.8) is 0 Å². The summed E-state index contributed by atoms with van der Waals surface area (Å²) in [4.78, 5) is 12.1. The standard InChI is InChI=1S/C15H14N4O3/c1-22-10-5-6-11(12(20)8-10)15(21)16-9-14-18-17-13-4-2-3-7-19(13)14/h2-8,20H,9H2,1H3,(H,16,21). The number of benzene rings is 1. The summed E-state index contributed by atoms with van der Waals surface area (Å²) < 4.78 is 6.77. The molecular weight excluding hydrogens is 284 g/mol. The molecule has 0 radical (unpaired) electrons.